The molecular weight excluding hydrogens is 232 g/mol. The van der Waals surface area contributed by atoms with E-state index in [4.69, 9.17) is 5.73 Å². The van der Waals surface area contributed by atoms with Gasteiger partial charge in [0.15, 0.2) is 0 Å². The predicted molar refractivity (Wildman–Crippen MR) is 83.1 cm³/mol. The average molecular weight is 266 g/mol. The van der Waals surface area contributed by atoms with Gasteiger partial charge in [0.2, 0.25) is 0 Å². The van der Waals surface area contributed by atoms with E-state index in [2.05, 4.69) is 39.6 Å². The van der Waals surface area contributed by atoms with Crippen LogP contribution < -0.4 is 5.73 Å². The van der Waals surface area contributed by atoms with E-state index < -0.39 is 0 Å². The van der Waals surface area contributed by atoms with E-state index in [0.29, 0.717) is 5.41 Å². The van der Waals surface area contributed by atoms with Crippen LogP contribution in [0.1, 0.15) is 66.2 Å². The molecule has 0 radical (unpaired) electrons. The van der Waals surface area contributed by atoms with Crippen molar-refractivity contribution in [1.82, 2.24) is 4.90 Å². The second kappa shape index (κ2) is 5.37. The largest absolute Gasteiger partial charge is 0.329 e. The Balaban J connectivity index is 2.16. The molecule has 0 aliphatic heterocycles. The summed E-state index contributed by atoms with van der Waals surface area (Å²) in [6.45, 7) is 10.5. The molecule has 2 aliphatic carbocycles. The van der Waals surface area contributed by atoms with Crippen LogP contribution in [0.2, 0.25) is 0 Å². The van der Waals surface area contributed by atoms with Crippen molar-refractivity contribution in [2.75, 3.05) is 13.6 Å². The van der Waals surface area contributed by atoms with Crippen LogP contribution in [0.3, 0.4) is 0 Å². The van der Waals surface area contributed by atoms with Crippen LogP contribution in [0.25, 0.3) is 0 Å². The van der Waals surface area contributed by atoms with Crippen molar-refractivity contribution in [3.05, 3.63) is 0 Å². The molecule has 2 rings (SSSR count). The van der Waals surface area contributed by atoms with Gasteiger partial charge >= 0.3 is 0 Å². The Hall–Kier alpha value is -0.0800. The molecule has 0 bridgehead atoms. The van der Waals surface area contributed by atoms with E-state index in [1.807, 2.05) is 0 Å². The smallest absolute Gasteiger partial charge is 0.0362 e. The van der Waals surface area contributed by atoms with Gasteiger partial charge in [-0.2, -0.15) is 0 Å². The summed E-state index contributed by atoms with van der Waals surface area (Å²) in [7, 11) is 2.35. The van der Waals surface area contributed by atoms with Crippen molar-refractivity contribution in [2.24, 2.45) is 23.0 Å². The SMILES string of the molecule is CC1CCCC(N(C)C2(CN)CC(C)(C)CC2C)C1. The first-order valence-corrected chi connectivity index (χ1v) is 8.24. The standard InChI is InChI=1S/C17H34N2/c1-13-7-6-8-15(9-13)19(5)17(12-18)11-16(3,4)10-14(17)2/h13-15H,6-12,18H2,1-5H3. The van der Waals surface area contributed by atoms with Gasteiger partial charge < -0.3 is 5.73 Å². The minimum atomic E-state index is 0.241. The summed E-state index contributed by atoms with van der Waals surface area (Å²) in [4.78, 5) is 2.70. The molecule has 0 amide bonds. The first kappa shape index (κ1) is 15.3. The van der Waals surface area contributed by atoms with Crippen LogP contribution >= 0.6 is 0 Å². The molecule has 4 unspecified atom stereocenters. The maximum absolute atomic E-state index is 6.28. The average Bonchev–Trinajstić information content (AvgIpc) is 2.58. The maximum Gasteiger partial charge on any atom is 0.0362 e. The molecule has 2 fully saturated rings. The third kappa shape index (κ3) is 2.85. The summed E-state index contributed by atoms with van der Waals surface area (Å²) in [6, 6.07) is 0.753. The third-order valence-corrected chi connectivity index (χ3v) is 6.07. The van der Waals surface area contributed by atoms with Gasteiger partial charge in [0.25, 0.3) is 0 Å². The molecule has 0 spiro atoms. The molecule has 2 nitrogen and oxygen atoms in total. The zero-order valence-electron chi connectivity index (χ0n) is 13.7. The third-order valence-electron chi connectivity index (χ3n) is 6.07. The van der Waals surface area contributed by atoms with Gasteiger partial charge in [-0.05, 0) is 50.0 Å². The van der Waals surface area contributed by atoms with Gasteiger partial charge in [-0.3, -0.25) is 4.90 Å². The van der Waals surface area contributed by atoms with E-state index in [9.17, 15) is 0 Å². The van der Waals surface area contributed by atoms with Gasteiger partial charge in [-0.15, -0.1) is 0 Å². The monoisotopic (exact) mass is 266 g/mol. The van der Waals surface area contributed by atoms with Gasteiger partial charge in [-0.1, -0.05) is 40.5 Å². The Labute approximate surface area is 120 Å². The highest BCUT2D eigenvalue weighted by Gasteiger charge is 2.51. The fourth-order valence-corrected chi connectivity index (χ4v) is 5.10. The quantitative estimate of drug-likeness (QED) is 0.845. The molecule has 2 N–H and O–H groups in total. The highest BCUT2D eigenvalue weighted by Crippen LogP contribution is 2.51. The number of nitrogens with zero attached hydrogens (tertiary/aromatic N) is 1. The minimum Gasteiger partial charge on any atom is -0.329 e. The fraction of sp³-hybridized carbons (Fsp3) is 1.00. The van der Waals surface area contributed by atoms with Gasteiger partial charge in [0.1, 0.15) is 0 Å². The molecule has 0 heterocycles. The van der Waals surface area contributed by atoms with E-state index >= 15 is 0 Å². The number of likely N-dealkylation sites (N-methyl/N-ethyl adjacent to an activating group) is 1. The zero-order chi connectivity index (χ0) is 14.3. The summed E-state index contributed by atoms with van der Waals surface area (Å²) in [5.41, 5.74) is 6.97. The number of hydrogen-bond donors (Lipinski definition) is 1. The van der Waals surface area contributed by atoms with E-state index in [-0.39, 0.29) is 5.54 Å². The van der Waals surface area contributed by atoms with Gasteiger partial charge in [0.05, 0.1) is 0 Å². The fourth-order valence-electron chi connectivity index (χ4n) is 5.10. The lowest BCUT2D eigenvalue weighted by Gasteiger charge is -2.48. The van der Waals surface area contributed by atoms with Crippen molar-refractivity contribution < 1.29 is 0 Å². The Bertz CT molecular complexity index is 312. The summed E-state index contributed by atoms with van der Waals surface area (Å²) >= 11 is 0. The number of nitrogens with two attached hydrogens (primary N) is 1. The van der Waals surface area contributed by atoms with Crippen LogP contribution in [-0.2, 0) is 0 Å². The molecule has 4 atom stereocenters. The van der Waals surface area contributed by atoms with Gasteiger partial charge in [-0.25, -0.2) is 0 Å². The lowest BCUT2D eigenvalue weighted by atomic mass is 9.80. The lowest BCUT2D eigenvalue weighted by molar-refractivity contribution is 0.0212. The summed E-state index contributed by atoms with van der Waals surface area (Å²) < 4.78 is 0. The maximum atomic E-state index is 6.28. The van der Waals surface area contributed by atoms with Crippen molar-refractivity contribution >= 4 is 0 Å². The Morgan fingerprint density at radius 1 is 1.21 bits per heavy atom. The molecule has 112 valence electrons. The second-order valence-electron chi connectivity index (χ2n) is 8.29. The lowest BCUT2D eigenvalue weighted by Crippen LogP contribution is -2.58. The topological polar surface area (TPSA) is 29.3 Å². The van der Waals surface area contributed by atoms with Crippen LogP contribution in [-0.4, -0.2) is 30.1 Å². The molecular formula is C17H34N2. The van der Waals surface area contributed by atoms with Crippen molar-refractivity contribution in [3.8, 4) is 0 Å². The number of rotatable bonds is 3. The highest BCUT2D eigenvalue weighted by molar-refractivity contribution is 5.07. The molecule has 0 aromatic rings. The molecule has 2 heteroatoms. The van der Waals surface area contributed by atoms with Crippen molar-refractivity contribution in [2.45, 2.75) is 77.8 Å². The first-order valence-electron chi connectivity index (χ1n) is 8.24. The van der Waals surface area contributed by atoms with Crippen LogP contribution in [0, 0.1) is 17.3 Å². The van der Waals surface area contributed by atoms with Crippen LogP contribution in [0.5, 0.6) is 0 Å². The van der Waals surface area contributed by atoms with Crippen LogP contribution in [0.4, 0.5) is 0 Å². The molecule has 2 saturated carbocycles. The molecule has 0 aromatic heterocycles. The summed E-state index contributed by atoms with van der Waals surface area (Å²) in [5, 5.41) is 0. The molecule has 19 heavy (non-hydrogen) atoms. The van der Waals surface area contributed by atoms with E-state index in [1.165, 1.54) is 38.5 Å². The molecule has 0 saturated heterocycles. The van der Waals surface area contributed by atoms with Crippen LogP contribution in [0.15, 0.2) is 0 Å². The van der Waals surface area contributed by atoms with E-state index in [1.54, 1.807) is 0 Å². The Morgan fingerprint density at radius 3 is 2.37 bits per heavy atom. The molecule has 2 aliphatic rings. The molecule has 0 aromatic carbocycles. The minimum absolute atomic E-state index is 0.241. The second-order valence-corrected chi connectivity index (χ2v) is 8.29. The zero-order valence-corrected chi connectivity index (χ0v) is 13.7. The van der Waals surface area contributed by atoms with Crippen molar-refractivity contribution in [3.63, 3.8) is 0 Å². The first-order chi connectivity index (χ1) is 8.81. The highest BCUT2D eigenvalue weighted by atomic mass is 15.2. The predicted octanol–water partition coefficient (Wildman–Crippen LogP) is 3.65. The Kier molecular flexibility index (Phi) is 4.32. The summed E-state index contributed by atoms with van der Waals surface area (Å²) in [5.74, 6) is 1.61. The van der Waals surface area contributed by atoms with Gasteiger partial charge in [0, 0.05) is 18.1 Å². The van der Waals surface area contributed by atoms with Crippen molar-refractivity contribution in [1.29, 1.82) is 0 Å². The Morgan fingerprint density at radius 2 is 1.89 bits per heavy atom. The summed E-state index contributed by atoms with van der Waals surface area (Å²) in [6.07, 6.45) is 8.13. The normalized spacial score (nSPS) is 42.8. The number of hydrogen-bond acceptors (Lipinski definition) is 2. The van der Waals surface area contributed by atoms with E-state index in [0.717, 1.165) is 24.4 Å².